The number of aryl methyl sites for hydroxylation is 3. The van der Waals surface area contributed by atoms with E-state index in [-0.39, 0.29) is 130 Å². The predicted molar refractivity (Wildman–Crippen MR) is 269 cm³/mol. The monoisotopic (exact) mass is 1170 g/mol. The molecule has 0 aliphatic carbocycles. The van der Waals surface area contributed by atoms with E-state index in [2.05, 4.69) is 81.8 Å². The number of hydrogen-bond acceptors (Lipinski definition) is 24. The average molecular weight is 1170 g/mol. The molecule has 3 heterocycles. The van der Waals surface area contributed by atoms with Gasteiger partial charge in [0, 0.05) is 48.7 Å². The second-order valence-electron chi connectivity index (χ2n) is 15.2. The standard InChI is InChI=1S/C44H30ClN13O12S3.CH4.Y/c1-20-16-23-19-32(73(65,66)67)37(56-54-28-11-7-5-9-25(28)41-49-33(58-69-41)14-15-71-70-61)38(59)34(23)30(17-20)48-44-51-42(45)50-43(52-44)47-29-12-13-31(72(62,63)64)26-18-21(2)36(39(60)35(26)29)55-53-27-10-6-4-8-24(27)40-46-22(3)57-68-40;;/h4-13,16-19,59-61H,1-3H3,(H,62,63,64)(H,65,66,67)(H2,47,48,50,51,52);1H4;. The molecule has 3 aromatic heterocycles. The van der Waals surface area contributed by atoms with E-state index in [0.29, 0.717) is 34.7 Å². The largest absolute Gasteiger partial charge is 0.505 e. The number of aromatic nitrogens is 7. The zero-order chi connectivity index (χ0) is 51.8. The SMILES string of the molecule is C.Cc1cc(Nc2nc(Cl)nc(Nc3ccc(S(=O)(=O)O)c4cc(C)c(N=Nc5ccccc5-c5nc(C)no5)c(O)c34)n2)c2c(O)c(N=Nc3ccccc3-c3nc(C#CSOO)no3)c(S(=O)(=O)O)cc2c1.[Y]. The van der Waals surface area contributed by atoms with Crippen LogP contribution in [0.5, 0.6) is 11.5 Å². The number of phenolic OH excluding ortho intramolecular Hbond substituents is 2. The molecule has 1 radical (unpaired) electrons. The maximum Gasteiger partial charge on any atom is 0.296 e. The van der Waals surface area contributed by atoms with Gasteiger partial charge in [0.1, 0.15) is 33.2 Å². The molecule has 0 atom stereocenters. The van der Waals surface area contributed by atoms with Crippen molar-refractivity contribution in [2.45, 2.75) is 38.0 Å². The Morgan fingerprint density at radius 1 is 0.680 bits per heavy atom. The quantitative estimate of drug-likeness (QED) is 0.0141. The van der Waals surface area contributed by atoms with E-state index in [0.717, 1.165) is 12.1 Å². The Kier molecular flexibility index (Phi) is 16.7. The Morgan fingerprint density at radius 2 is 1.27 bits per heavy atom. The normalized spacial score (nSPS) is 11.7. The van der Waals surface area contributed by atoms with Gasteiger partial charge in [0.25, 0.3) is 32.0 Å². The third-order valence-electron chi connectivity index (χ3n) is 10.3. The van der Waals surface area contributed by atoms with Crippen molar-refractivity contribution < 1.29 is 87.5 Å². The van der Waals surface area contributed by atoms with Crippen LogP contribution in [-0.4, -0.2) is 76.6 Å². The summed E-state index contributed by atoms with van der Waals surface area (Å²) in [5.41, 5.74) is 1.11. The molecule has 0 spiro atoms. The second-order valence-corrected chi connectivity index (χ2v) is 18.9. The first-order chi connectivity index (χ1) is 34.9. The van der Waals surface area contributed by atoms with Crippen molar-refractivity contribution in [1.82, 2.24) is 35.2 Å². The number of azo groups is 2. The minimum absolute atomic E-state index is 0. The Bertz CT molecular complexity index is 4080. The number of halogens is 1. The summed E-state index contributed by atoms with van der Waals surface area (Å²) in [4.78, 5) is 19.8. The third kappa shape index (κ3) is 11.9. The minimum Gasteiger partial charge on any atom is -0.505 e. The maximum absolute atomic E-state index is 12.8. The van der Waals surface area contributed by atoms with Gasteiger partial charge in [0.15, 0.2) is 17.3 Å². The summed E-state index contributed by atoms with van der Waals surface area (Å²) in [6.45, 7) is 4.86. The van der Waals surface area contributed by atoms with Crippen molar-refractivity contribution in [3.63, 3.8) is 0 Å². The molecular weight excluding hydrogens is 1140 g/mol. The topological polar surface area (TPSA) is 369 Å². The number of nitrogens with zero attached hydrogens (tertiary/aromatic N) is 11. The molecule has 30 heteroatoms. The van der Waals surface area contributed by atoms with Gasteiger partial charge in [-0.05, 0) is 115 Å². The molecule has 0 bridgehead atoms. The van der Waals surface area contributed by atoms with Crippen LogP contribution < -0.4 is 10.6 Å². The smallest absolute Gasteiger partial charge is 0.296 e. The van der Waals surface area contributed by atoms with Crippen molar-refractivity contribution in [2.75, 3.05) is 10.6 Å². The molecule has 0 fully saturated rings. The maximum atomic E-state index is 12.8. The molecule has 7 N–H and O–H groups in total. The number of hydrogen-bond donors (Lipinski definition) is 7. The van der Waals surface area contributed by atoms with Gasteiger partial charge in [-0.2, -0.15) is 46.1 Å². The number of fused-ring (bicyclic) bond motifs is 2. The van der Waals surface area contributed by atoms with E-state index in [4.69, 9.17) is 25.9 Å². The van der Waals surface area contributed by atoms with Crippen LogP contribution in [0.1, 0.15) is 30.2 Å². The van der Waals surface area contributed by atoms with Crippen LogP contribution in [-0.2, 0) is 57.3 Å². The van der Waals surface area contributed by atoms with Gasteiger partial charge in [0.2, 0.25) is 23.0 Å². The predicted octanol–water partition coefficient (Wildman–Crippen LogP) is 11.2. The summed E-state index contributed by atoms with van der Waals surface area (Å²) in [6.07, 6.45) is 0. The van der Waals surface area contributed by atoms with Gasteiger partial charge >= 0.3 is 0 Å². The average Bonchev–Trinajstić information content (AvgIpc) is 3.99. The van der Waals surface area contributed by atoms with Crippen molar-refractivity contribution in [3.8, 4) is 45.6 Å². The summed E-state index contributed by atoms with van der Waals surface area (Å²) in [5.74, 6) is 1.06. The molecule has 0 saturated carbocycles. The van der Waals surface area contributed by atoms with E-state index in [1.165, 1.54) is 30.3 Å². The number of aromatic hydroxyl groups is 2. The van der Waals surface area contributed by atoms with Crippen LogP contribution in [0, 0.1) is 31.9 Å². The molecule has 0 saturated heterocycles. The van der Waals surface area contributed by atoms with E-state index in [1.807, 2.05) is 0 Å². The number of benzene rings is 6. The fourth-order valence-corrected chi connectivity index (χ4v) is 9.01. The summed E-state index contributed by atoms with van der Waals surface area (Å²) in [7, 11) is -9.94. The molecule has 75 heavy (non-hydrogen) atoms. The second kappa shape index (κ2) is 22.6. The zero-order valence-corrected chi connectivity index (χ0v) is 43.8. The van der Waals surface area contributed by atoms with E-state index in [9.17, 15) is 36.2 Å². The fourth-order valence-electron chi connectivity index (χ4n) is 7.34. The summed E-state index contributed by atoms with van der Waals surface area (Å²) < 4.78 is 86.0. The van der Waals surface area contributed by atoms with Gasteiger partial charge < -0.3 is 29.9 Å². The number of anilines is 4. The molecule has 9 rings (SSSR count). The molecule has 0 amide bonds. The first-order valence-electron chi connectivity index (χ1n) is 20.5. The number of nitrogens with one attached hydrogen (secondary N) is 2. The van der Waals surface area contributed by atoms with Crippen LogP contribution in [0.3, 0.4) is 0 Å². The van der Waals surface area contributed by atoms with Crippen LogP contribution in [0.15, 0.2) is 124 Å². The zero-order valence-electron chi connectivity index (χ0n) is 37.8. The Hall–Kier alpha value is -7.43. The van der Waals surface area contributed by atoms with Gasteiger partial charge in [-0.25, -0.2) is 5.26 Å². The van der Waals surface area contributed by atoms with Crippen molar-refractivity contribution >= 4 is 111 Å². The summed E-state index contributed by atoms with van der Waals surface area (Å²) in [5, 5.41) is 64.4. The molecule has 379 valence electrons. The van der Waals surface area contributed by atoms with Crippen LogP contribution in [0.25, 0.3) is 44.5 Å². The first-order valence-corrected chi connectivity index (χ1v) is 24.5. The van der Waals surface area contributed by atoms with Crippen LogP contribution in [0.4, 0.5) is 46.0 Å². The van der Waals surface area contributed by atoms with E-state index < -0.39 is 47.2 Å². The van der Waals surface area contributed by atoms with Crippen molar-refractivity contribution in [3.05, 3.63) is 113 Å². The van der Waals surface area contributed by atoms with Crippen LogP contribution in [0.2, 0.25) is 5.28 Å². The Morgan fingerprint density at radius 3 is 1.88 bits per heavy atom. The van der Waals surface area contributed by atoms with E-state index in [1.54, 1.807) is 63.2 Å². The fraction of sp³-hybridized carbons (Fsp3) is 0.0889. The molecule has 0 aliphatic rings. The van der Waals surface area contributed by atoms with Crippen molar-refractivity contribution in [1.29, 1.82) is 0 Å². The van der Waals surface area contributed by atoms with Gasteiger partial charge in [-0.1, -0.05) is 42.9 Å². The van der Waals surface area contributed by atoms with Gasteiger partial charge in [-0.15, -0.1) is 20.5 Å². The van der Waals surface area contributed by atoms with Crippen molar-refractivity contribution in [2.24, 2.45) is 20.5 Å². The third-order valence-corrected chi connectivity index (χ3v) is 12.5. The molecule has 6 aromatic carbocycles. The minimum atomic E-state index is -5.07. The molecular formula is C45H34ClN13O12S3Y. The molecule has 9 aromatic rings. The molecule has 25 nitrogen and oxygen atoms in total. The van der Waals surface area contributed by atoms with Crippen LogP contribution >= 0.6 is 23.6 Å². The van der Waals surface area contributed by atoms with E-state index >= 15 is 0 Å². The number of rotatable bonds is 13. The first kappa shape index (κ1) is 55.3. The molecule has 0 aliphatic heterocycles. The number of phenols is 2. The van der Waals surface area contributed by atoms with Gasteiger partial charge in [0.05, 0.1) is 39.3 Å². The van der Waals surface area contributed by atoms with Gasteiger partial charge in [-0.3, -0.25) is 9.11 Å². The summed E-state index contributed by atoms with van der Waals surface area (Å²) >= 11 is 6.84. The Labute approximate surface area is 458 Å². The molecule has 0 unspecified atom stereocenters. The Balaban J connectivity index is 0.00000410. The summed E-state index contributed by atoms with van der Waals surface area (Å²) in [6, 6.07) is 20.8.